The fraction of sp³-hybridized carbons (Fsp3) is 0.750. The summed E-state index contributed by atoms with van der Waals surface area (Å²) in [5.41, 5.74) is 5.54. The molecule has 2 aliphatic rings. The van der Waals surface area contributed by atoms with Gasteiger partial charge in [-0.05, 0) is 26.2 Å². The standard InChI is InChI=1S/C12H20N2O2/c1-12(5-2-6-16-8-12)14-11(15)9-3-4-10(13)7-9/h3-4,9-10H,2,5-8,13H2,1H3,(H,14,15). The number of hydrogen-bond donors (Lipinski definition) is 2. The van der Waals surface area contributed by atoms with Gasteiger partial charge in [0.15, 0.2) is 0 Å². The molecular formula is C12H20N2O2. The third-order valence-electron chi connectivity index (χ3n) is 3.32. The molecule has 1 aliphatic carbocycles. The van der Waals surface area contributed by atoms with Crippen LogP contribution < -0.4 is 11.1 Å². The smallest absolute Gasteiger partial charge is 0.227 e. The molecule has 1 aliphatic heterocycles. The minimum atomic E-state index is -0.199. The quantitative estimate of drug-likeness (QED) is 0.674. The molecule has 3 unspecified atom stereocenters. The fourth-order valence-corrected chi connectivity index (χ4v) is 2.34. The van der Waals surface area contributed by atoms with Gasteiger partial charge in [0.1, 0.15) is 0 Å². The van der Waals surface area contributed by atoms with Crippen LogP contribution in [0.15, 0.2) is 12.2 Å². The number of nitrogens with one attached hydrogen (secondary N) is 1. The summed E-state index contributed by atoms with van der Waals surface area (Å²) in [6, 6.07) is 0.0335. The van der Waals surface area contributed by atoms with Gasteiger partial charge in [-0.15, -0.1) is 0 Å². The summed E-state index contributed by atoms with van der Waals surface area (Å²) in [5, 5.41) is 3.09. The molecule has 0 aromatic rings. The number of amides is 1. The average Bonchev–Trinajstić information content (AvgIpc) is 2.65. The van der Waals surface area contributed by atoms with Crippen molar-refractivity contribution < 1.29 is 9.53 Å². The monoisotopic (exact) mass is 224 g/mol. The van der Waals surface area contributed by atoms with Gasteiger partial charge in [0.25, 0.3) is 0 Å². The molecule has 1 amide bonds. The predicted molar refractivity (Wildman–Crippen MR) is 61.8 cm³/mol. The maximum absolute atomic E-state index is 12.0. The molecule has 4 nitrogen and oxygen atoms in total. The van der Waals surface area contributed by atoms with E-state index in [1.54, 1.807) is 0 Å². The van der Waals surface area contributed by atoms with Crippen molar-refractivity contribution in [3.05, 3.63) is 12.2 Å². The summed E-state index contributed by atoms with van der Waals surface area (Å²) >= 11 is 0. The number of hydrogen-bond acceptors (Lipinski definition) is 3. The van der Waals surface area contributed by atoms with Crippen LogP contribution in [0.2, 0.25) is 0 Å². The number of carbonyl (C=O) groups excluding carboxylic acids is 1. The maximum Gasteiger partial charge on any atom is 0.227 e. The Labute approximate surface area is 96.2 Å². The molecule has 0 spiro atoms. The highest BCUT2D eigenvalue weighted by atomic mass is 16.5. The Morgan fingerprint density at radius 3 is 2.94 bits per heavy atom. The van der Waals surface area contributed by atoms with E-state index in [4.69, 9.17) is 10.5 Å². The number of carbonyl (C=O) groups is 1. The minimum absolute atomic E-state index is 0.0335. The topological polar surface area (TPSA) is 64.4 Å². The van der Waals surface area contributed by atoms with Crippen LogP contribution in [0.5, 0.6) is 0 Å². The summed E-state index contributed by atoms with van der Waals surface area (Å²) in [7, 11) is 0. The molecule has 0 radical (unpaired) electrons. The molecule has 0 bridgehead atoms. The number of ether oxygens (including phenoxy) is 1. The molecule has 16 heavy (non-hydrogen) atoms. The van der Waals surface area contributed by atoms with Crippen molar-refractivity contribution in [3.8, 4) is 0 Å². The Morgan fingerprint density at radius 2 is 2.38 bits per heavy atom. The first-order valence-corrected chi connectivity index (χ1v) is 5.93. The number of rotatable bonds is 2. The molecular weight excluding hydrogens is 204 g/mol. The minimum Gasteiger partial charge on any atom is -0.379 e. The van der Waals surface area contributed by atoms with E-state index in [2.05, 4.69) is 5.32 Å². The second kappa shape index (κ2) is 4.55. The van der Waals surface area contributed by atoms with Gasteiger partial charge in [0.05, 0.1) is 18.1 Å². The fourth-order valence-electron chi connectivity index (χ4n) is 2.34. The highest BCUT2D eigenvalue weighted by molar-refractivity contribution is 5.81. The van der Waals surface area contributed by atoms with E-state index >= 15 is 0 Å². The lowest BCUT2D eigenvalue weighted by atomic mass is 9.93. The van der Waals surface area contributed by atoms with Crippen LogP contribution in [0, 0.1) is 5.92 Å². The summed E-state index contributed by atoms with van der Waals surface area (Å²) in [6.45, 7) is 3.46. The third-order valence-corrected chi connectivity index (χ3v) is 3.32. The molecule has 0 aromatic heterocycles. The van der Waals surface area contributed by atoms with Crippen LogP contribution in [0.3, 0.4) is 0 Å². The van der Waals surface area contributed by atoms with E-state index in [1.807, 2.05) is 19.1 Å². The van der Waals surface area contributed by atoms with Crippen molar-refractivity contribution >= 4 is 5.91 Å². The lowest BCUT2D eigenvalue weighted by Crippen LogP contribution is -2.53. The van der Waals surface area contributed by atoms with Crippen LogP contribution in [0.1, 0.15) is 26.2 Å². The zero-order valence-corrected chi connectivity index (χ0v) is 9.74. The lowest BCUT2D eigenvalue weighted by molar-refractivity contribution is -0.127. The van der Waals surface area contributed by atoms with Gasteiger partial charge in [-0.1, -0.05) is 12.2 Å². The summed E-state index contributed by atoms with van der Waals surface area (Å²) in [4.78, 5) is 12.0. The van der Waals surface area contributed by atoms with Gasteiger partial charge < -0.3 is 15.8 Å². The summed E-state index contributed by atoms with van der Waals surface area (Å²) in [6.07, 6.45) is 6.54. The normalized spacial score (nSPS) is 38.6. The van der Waals surface area contributed by atoms with Crippen LogP contribution in [-0.4, -0.2) is 30.7 Å². The Balaban J connectivity index is 1.89. The van der Waals surface area contributed by atoms with Crippen molar-refractivity contribution in [1.29, 1.82) is 0 Å². The molecule has 3 atom stereocenters. The van der Waals surface area contributed by atoms with E-state index in [-0.39, 0.29) is 23.4 Å². The first-order valence-electron chi connectivity index (χ1n) is 5.93. The first-order chi connectivity index (χ1) is 7.59. The van der Waals surface area contributed by atoms with Crippen LogP contribution in [-0.2, 0) is 9.53 Å². The molecule has 1 saturated heterocycles. The third kappa shape index (κ3) is 2.62. The molecule has 0 aromatic carbocycles. The van der Waals surface area contributed by atoms with Gasteiger partial charge in [-0.3, -0.25) is 4.79 Å². The molecule has 2 rings (SSSR count). The Hall–Kier alpha value is -0.870. The first kappa shape index (κ1) is 11.6. The molecule has 90 valence electrons. The Bertz CT molecular complexity index is 295. The van der Waals surface area contributed by atoms with E-state index in [1.165, 1.54) is 0 Å². The zero-order chi connectivity index (χ0) is 11.6. The van der Waals surface area contributed by atoms with E-state index in [0.717, 1.165) is 25.9 Å². The average molecular weight is 224 g/mol. The Morgan fingerprint density at radius 1 is 1.56 bits per heavy atom. The molecule has 0 saturated carbocycles. The number of nitrogens with two attached hydrogens (primary N) is 1. The van der Waals surface area contributed by atoms with Gasteiger partial charge in [0, 0.05) is 12.6 Å². The van der Waals surface area contributed by atoms with E-state index in [9.17, 15) is 4.79 Å². The Kier molecular flexibility index (Phi) is 3.30. The molecule has 1 heterocycles. The van der Waals surface area contributed by atoms with Gasteiger partial charge in [-0.2, -0.15) is 0 Å². The highest BCUT2D eigenvalue weighted by Crippen LogP contribution is 2.22. The summed E-state index contributed by atoms with van der Waals surface area (Å²) < 4.78 is 5.41. The van der Waals surface area contributed by atoms with Crippen molar-refractivity contribution in [2.75, 3.05) is 13.2 Å². The van der Waals surface area contributed by atoms with Crippen LogP contribution >= 0.6 is 0 Å². The second-order valence-corrected chi connectivity index (χ2v) is 5.10. The van der Waals surface area contributed by atoms with Crippen molar-refractivity contribution in [1.82, 2.24) is 5.32 Å². The molecule has 4 heteroatoms. The van der Waals surface area contributed by atoms with Crippen molar-refractivity contribution in [2.24, 2.45) is 11.7 Å². The maximum atomic E-state index is 12.0. The highest BCUT2D eigenvalue weighted by Gasteiger charge is 2.32. The van der Waals surface area contributed by atoms with Gasteiger partial charge >= 0.3 is 0 Å². The second-order valence-electron chi connectivity index (χ2n) is 5.10. The van der Waals surface area contributed by atoms with E-state index < -0.39 is 0 Å². The van der Waals surface area contributed by atoms with Crippen LogP contribution in [0.25, 0.3) is 0 Å². The van der Waals surface area contributed by atoms with E-state index in [0.29, 0.717) is 6.61 Å². The largest absolute Gasteiger partial charge is 0.379 e. The zero-order valence-electron chi connectivity index (χ0n) is 9.74. The van der Waals surface area contributed by atoms with Crippen molar-refractivity contribution in [2.45, 2.75) is 37.8 Å². The van der Waals surface area contributed by atoms with Crippen LogP contribution in [0.4, 0.5) is 0 Å². The lowest BCUT2D eigenvalue weighted by Gasteiger charge is -2.35. The SMILES string of the molecule is CC1(NC(=O)C2C=CC(N)C2)CCCOC1. The van der Waals surface area contributed by atoms with Gasteiger partial charge in [0.2, 0.25) is 5.91 Å². The van der Waals surface area contributed by atoms with Gasteiger partial charge in [-0.25, -0.2) is 0 Å². The predicted octanol–water partition coefficient (Wildman–Crippen LogP) is 0.575. The summed E-state index contributed by atoms with van der Waals surface area (Å²) in [5.74, 6) is 0.0194. The molecule has 1 fully saturated rings. The molecule has 3 N–H and O–H groups in total. The van der Waals surface area contributed by atoms with Crippen molar-refractivity contribution in [3.63, 3.8) is 0 Å².